The van der Waals surface area contributed by atoms with Crippen LogP contribution in [0.4, 0.5) is 5.82 Å². The van der Waals surface area contributed by atoms with E-state index in [2.05, 4.69) is 34.3 Å². The Kier molecular flexibility index (Phi) is 6.96. The molecule has 0 saturated heterocycles. The number of carbonyl (C=O) groups excluding carboxylic acids is 1. The third kappa shape index (κ3) is 5.18. The molecule has 1 N–H and O–H groups in total. The zero-order chi connectivity index (χ0) is 23.4. The van der Waals surface area contributed by atoms with Crippen molar-refractivity contribution in [2.24, 2.45) is 0 Å². The number of methoxy groups -OCH3 is 1. The van der Waals surface area contributed by atoms with Crippen LogP contribution in [0.25, 0.3) is 10.9 Å². The van der Waals surface area contributed by atoms with Gasteiger partial charge in [-0.05, 0) is 44.2 Å². The van der Waals surface area contributed by atoms with Gasteiger partial charge in [0.1, 0.15) is 12.1 Å². The molecule has 0 aliphatic heterocycles. The predicted molar refractivity (Wildman–Crippen MR) is 130 cm³/mol. The summed E-state index contributed by atoms with van der Waals surface area (Å²) < 4.78 is 12.0. The molecule has 2 aromatic carbocycles. The van der Waals surface area contributed by atoms with Crippen molar-refractivity contribution in [3.63, 3.8) is 0 Å². The number of hydrogen-bond acceptors (Lipinski definition) is 6. The summed E-state index contributed by atoms with van der Waals surface area (Å²) in [6.07, 6.45) is 5.30. The number of aromatic nitrogens is 2. The zero-order valence-electron chi connectivity index (χ0n) is 19.7. The molecule has 1 aliphatic rings. The Morgan fingerprint density at radius 2 is 1.82 bits per heavy atom. The fourth-order valence-electron chi connectivity index (χ4n) is 4.45. The van der Waals surface area contributed by atoms with Gasteiger partial charge in [-0.1, -0.05) is 30.3 Å². The number of ether oxygens (including phenoxy) is 2. The molecule has 0 unspecified atom stereocenters. The maximum absolute atomic E-state index is 11.7. The molecule has 1 saturated carbocycles. The van der Waals surface area contributed by atoms with Crippen molar-refractivity contribution < 1.29 is 14.3 Å². The molecule has 1 aromatic heterocycles. The fourth-order valence-corrected chi connectivity index (χ4v) is 4.45. The summed E-state index contributed by atoms with van der Waals surface area (Å²) in [5.74, 6) is 2.22. The van der Waals surface area contributed by atoms with E-state index in [0.29, 0.717) is 11.5 Å². The monoisotopic (exact) mass is 448 g/mol. The van der Waals surface area contributed by atoms with Crippen molar-refractivity contribution >= 4 is 22.6 Å². The van der Waals surface area contributed by atoms with Gasteiger partial charge in [0.2, 0.25) is 5.91 Å². The van der Waals surface area contributed by atoms with Crippen LogP contribution >= 0.6 is 0 Å². The van der Waals surface area contributed by atoms with E-state index < -0.39 is 0 Å². The maximum atomic E-state index is 11.7. The molecule has 1 amide bonds. The average molecular weight is 449 g/mol. The molecule has 7 heteroatoms. The number of nitrogens with zero attached hydrogens (tertiary/aromatic N) is 3. The van der Waals surface area contributed by atoms with E-state index in [9.17, 15) is 4.79 Å². The average Bonchev–Trinajstić information content (AvgIpc) is 2.84. The molecule has 1 aliphatic carbocycles. The number of rotatable bonds is 7. The first-order valence-electron chi connectivity index (χ1n) is 11.5. The Balaban J connectivity index is 1.55. The Bertz CT molecular complexity index is 1100. The molecule has 1 fully saturated rings. The lowest BCUT2D eigenvalue weighted by molar-refractivity contribution is -0.130. The van der Waals surface area contributed by atoms with Gasteiger partial charge in [0.25, 0.3) is 0 Å². The molecule has 0 bridgehead atoms. The standard InChI is InChI=1S/C26H32N4O3/c1-17(19-8-6-5-7-9-19)29-26-22-14-25(24(32-4)15-23(22)27-16-28-26)33-21-12-10-20(11-13-21)30(3)18(2)31/h5-9,14-17,20-21H,10-13H2,1-4H3,(H,27,28,29)/t17-,20?,21?/m1/s1. The number of amides is 1. The van der Waals surface area contributed by atoms with Crippen LogP contribution in [0, 0.1) is 0 Å². The minimum absolute atomic E-state index is 0.0808. The first-order chi connectivity index (χ1) is 16.0. The molecule has 1 atom stereocenters. The van der Waals surface area contributed by atoms with Crippen LogP contribution in [-0.4, -0.2) is 47.1 Å². The van der Waals surface area contributed by atoms with Crippen LogP contribution in [0.1, 0.15) is 51.1 Å². The zero-order valence-corrected chi connectivity index (χ0v) is 19.7. The van der Waals surface area contributed by atoms with Crippen molar-refractivity contribution in [1.29, 1.82) is 0 Å². The molecule has 7 nitrogen and oxygen atoms in total. The van der Waals surface area contributed by atoms with Crippen molar-refractivity contribution in [3.8, 4) is 11.5 Å². The van der Waals surface area contributed by atoms with Crippen molar-refractivity contribution in [2.75, 3.05) is 19.5 Å². The number of benzene rings is 2. The van der Waals surface area contributed by atoms with Crippen LogP contribution in [0.3, 0.4) is 0 Å². The van der Waals surface area contributed by atoms with Gasteiger partial charge in [-0.15, -0.1) is 0 Å². The molecule has 3 aromatic rings. The first kappa shape index (κ1) is 22.8. The van der Waals surface area contributed by atoms with Crippen molar-refractivity contribution in [1.82, 2.24) is 14.9 Å². The van der Waals surface area contributed by atoms with Gasteiger partial charge in [-0.25, -0.2) is 9.97 Å². The summed E-state index contributed by atoms with van der Waals surface area (Å²) >= 11 is 0. The normalized spacial score (nSPS) is 19.0. The van der Waals surface area contributed by atoms with E-state index in [1.807, 2.05) is 42.3 Å². The van der Waals surface area contributed by atoms with Gasteiger partial charge < -0.3 is 19.7 Å². The summed E-state index contributed by atoms with van der Waals surface area (Å²) in [4.78, 5) is 22.5. The van der Waals surface area contributed by atoms with E-state index in [1.54, 1.807) is 20.4 Å². The predicted octanol–water partition coefficient (Wildman–Crippen LogP) is 4.98. The van der Waals surface area contributed by atoms with E-state index in [0.717, 1.165) is 42.4 Å². The Labute approximate surface area is 195 Å². The SMILES string of the molecule is COc1cc2ncnc(N[C@H](C)c3ccccc3)c2cc1OC1CCC(N(C)C(C)=O)CC1. The lowest BCUT2D eigenvalue weighted by Crippen LogP contribution is -2.40. The first-order valence-corrected chi connectivity index (χ1v) is 11.5. The highest BCUT2D eigenvalue weighted by molar-refractivity contribution is 5.91. The van der Waals surface area contributed by atoms with Crippen LogP contribution < -0.4 is 14.8 Å². The minimum Gasteiger partial charge on any atom is -0.493 e. The second-order valence-electron chi connectivity index (χ2n) is 8.70. The van der Waals surface area contributed by atoms with Crippen LogP contribution in [0.5, 0.6) is 11.5 Å². The lowest BCUT2D eigenvalue weighted by atomic mass is 9.92. The number of nitrogens with one attached hydrogen (secondary N) is 1. The van der Waals surface area contributed by atoms with Crippen LogP contribution in [0.2, 0.25) is 0 Å². The van der Waals surface area contributed by atoms with Crippen LogP contribution in [0.15, 0.2) is 48.8 Å². The van der Waals surface area contributed by atoms with E-state index >= 15 is 0 Å². The molecule has 0 radical (unpaired) electrons. The maximum Gasteiger partial charge on any atom is 0.219 e. The van der Waals surface area contributed by atoms with Crippen molar-refractivity contribution in [2.45, 2.75) is 57.7 Å². The smallest absolute Gasteiger partial charge is 0.219 e. The van der Waals surface area contributed by atoms with Crippen LogP contribution in [-0.2, 0) is 4.79 Å². The second kappa shape index (κ2) is 10.1. The van der Waals surface area contributed by atoms with Gasteiger partial charge >= 0.3 is 0 Å². The molecule has 0 spiro atoms. The Hall–Kier alpha value is -3.35. The van der Waals surface area contributed by atoms with Gasteiger partial charge in [0, 0.05) is 37.5 Å². The van der Waals surface area contributed by atoms with E-state index in [-0.39, 0.29) is 24.1 Å². The number of anilines is 1. The third-order valence-electron chi connectivity index (χ3n) is 6.56. The van der Waals surface area contributed by atoms with Gasteiger partial charge in [0.15, 0.2) is 11.5 Å². The quantitative estimate of drug-likeness (QED) is 0.549. The molecular formula is C26H32N4O3. The molecule has 4 rings (SSSR count). The van der Waals surface area contributed by atoms with Gasteiger partial charge in [-0.3, -0.25) is 4.79 Å². The van der Waals surface area contributed by atoms with Gasteiger partial charge in [0.05, 0.1) is 18.7 Å². The summed E-state index contributed by atoms with van der Waals surface area (Å²) in [5.41, 5.74) is 1.98. The summed E-state index contributed by atoms with van der Waals surface area (Å²) in [5, 5.41) is 4.40. The highest BCUT2D eigenvalue weighted by Crippen LogP contribution is 2.37. The second-order valence-corrected chi connectivity index (χ2v) is 8.70. The summed E-state index contributed by atoms with van der Waals surface area (Å²) in [7, 11) is 3.52. The number of hydrogen-bond donors (Lipinski definition) is 1. The molecular weight excluding hydrogens is 416 g/mol. The Morgan fingerprint density at radius 3 is 2.48 bits per heavy atom. The topological polar surface area (TPSA) is 76.6 Å². The minimum atomic E-state index is 0.0808. The lowest BCUT2D eigenvalue weighted by Gasteiger charge is -2.34. The van der Waals surface area contributed by atoms with Crippen molar-refractivity contribution in [3.05, 3.63) is 54.4 Å². The number of fused-ring (bicyclic) bond motifs is 1. The Morgan fingerprint density at radius 1 is 1.09 bits per heavy atom. The summed E-state index contributed by atoms with van der Waals surface area (Å²) in [6, 6.07) is 14.5. The number of carbonyl (C=O) groups is 1. The highest BCUT2D eigenvalue weighted by Gasteiger charge is 2.27. The molecule has 33 heavy (non-hydrogen) atoms. The summed E-state index contributed by atoms with van der Waals surface area (Å²) in [6.45, 7) is 3.73. The van der Waals surface area contributed by atoms with E-state index in [1.165, 1.54) is 5.56 Å². The highest BCUT2D eigenvalue weighted by atomic mass is 16.5. The largest absolute Gasteiger partial charge is 0.493 e. The molecule has 1 heterocycles. The van der Waals surface area contributed by atoms with E-state index in [4.69, 9.17) is 9.47 Å². The van der Waals surface area contributed by atoms with Gasteiger partial charge in [-0.2, -0.15) is 0 Å². The molecule has 174 valence electrons. The fraction of sp³-hybridized carbons (Fsp3) is 0.423. The third-order valence-corrected chi connectivity index (χ3v) is 6.56.